The highest BCUT2D eigenvalue weighted by Gasteiger charge is 2.24. The predicted octanol–water partition coefficient (Wildman–Crippen LogP) is 13.4. The minimum absolute atomic E-state index is 0.885. The zero-order chi connectivity index (χ0) is 30.6. The van der Waals surface area contributed by atoms with E-state index in [-0.39, 0.29) is 0 Å². The van der Waals surface area contributed by atoms with Crippen molar-refractivity contribution in [2.24, 2.45) is 0 Å². The van der Waals surface area contributed by atoms with Crippen LogP contribution in [0.15, 0.2) is 156 Å². The molecule has 1 aliphatic carbocycles. The zero-order valence-electron chi connectivity index (χ0n) is 25.2. The molecule has 47 heavy (non-hydrogen) atoms. The number of hydrogen-bond acceptors (Lipinski definition) is 3. The minimum Gasteiger partial charge on any atom is -0.456 e. The minimum atomic E-state index is 0.885. The van der Waals surface area contributed by atoms with E-state index < -0.39 is 0 Å². The van der Waals surface area contributed by atoms with Gasteiger partial charge in [-0.15, -0.1) is 11.3 Å². The van der Waals surface area contributed by atoms with E-state index in [1.54, 1.807) is 0 Å². The predicted molar refractivity (Wildman–Crippen MR) is 201 cm³/mol. The normalized spacial score (nSPS) is 12.3. The van der Waals surface area contributed by atoms with Crippen molar-refractivity contribution in [1.82, 2.24) is 0 Å². The van der Waals surface area contributed by atoms with E-state index in [9.17, 15) is 0 Å². The van der Waals surface area contributed by atoms with E-state index in [4.69, 9.17) is 4.42 Å². The van der Waals surface area contributed by atoms with Crippen LogP contribution in [0.4, 0.5) is 17.1 Å². The van der Waals surface area contributed by atoms with Gasteiger partial charge in [-0.25, -0.2) is 0 Å². The Labute approximate surface area is 274 Å². The van der Waals surface area contributed by atoms with Crippen molar-refractivity contribution in [3.8, 4) is 22.3 Å². The van der Waals surface area contributed by atoms with Crippen LogP contribution >= 0.6 is 11.3 Å². The molecule has 0 saturated carbocycles. The third-order valence-corrected chi connectivity index (χ3v) is 11.1. The van der Waals surface area contributed by atoms with Crippen LogP contribution in [-0.2, 0) is 0 Å². The molecule has 0 atom stereocenters. The smallest absolute Gasteiger partial charge is 0.137 e. The van der Waals surface area contributed by atoms with Crippen LogP contribution in [0.2, 0.25) is 0 Å². The van der Waals surface area contributed by atoms with E-state index >= 15 is 0 Å². The Balaban J connectivity index is 1.16. The van der Waals surface area contributed by atoms with Gasteiger partial charge in [0.05, 0.1) is 0 Å². The molecule has 11 rings (SSSR count). The number of fused-ring (bicyclic) bond motifs is 7. The van der Waals surface area contributed by atoms with Crippen molar-refractivity contribution in [3.05, 3.63) is 152 Å². The van der Waals surface area contributed by atoms with E-state index in [1.165, 1.54) is 64.0 Å². The fraction of sp³-hybridized carbons (Fsp3) is 0. The summed E-state index contributed by atoms with van der Waals surface area (Å²) in [5.41, 5.74) is 10.2. The van der Waals surface area contributed by atoms with Crippen molar-refractivity contribution in [3.63, 3.8) is 0 Å². The number of anilines is 3. The molecular formula is C44H25NOS. The maximum Gasteiger partial charge on any atom is 0.137 e. The van der Waals surface area contributed by atoms with Gasteiger partial charge < -0.3 is 9.32 Å². The van der Waals surface area contributed by atoms with Gasteiger partial charge in [0.2, 0.25) is 0 Å². The molecule has 0 N–H and O–H groups in total. The summed E-state index contributed by atoms with van der Waals surface area (Å²) < 4.78 is 9.22. The van der Waals surface area contributed by atoms with Crippen molar-refractivity contribution >= 4 is 92.1 Å². The van der Waals surface area contributed by atoms with E-state index in [2.05, 4.69) is 157 Å². The fourth-order valence-electron chi connectivity index (χ4n) is 7.88. The standard InChI is InChI=1S/C44H25NOS/c1-2-11-29(12-3-1)45(31-18-20-33-37-22-27-8-4-5-9-28(27)23-38(37)46-39(33)25-31)30-17-19-32-34-14-7-15-40-43(34)44-41(47-40)21-16-26-10-6-13-35(42(26)44)36(32)24-30/h1-25H. The van der Waals surface area contributed by atoms with Crippen LogP contribution in [0.1, 0.15) is 0 Å². The molecule has 0 unspecified atom stereocenters. The van der Waals surface area contributed by atoms with Crippen molar-refractivity contribution in [1.29, 1.82) is 0 Å². The largest absolute Gasteiger partial charge is 0.456 e. The first-order chi connectivity index (χ1) is 23.3. The van der Waals surface area contributed by atoms with Gasteiger partial charge in [0, 0.05) is 54.1 Å². The number of furan rings is 1. The molecular weight excluding hydrogens is 591 g/mol. The molecule has 1 aliphatic rings. The van der Waals surface area contributed by atoms with Crippen LogP contribution in [0.3, 0.4) is 0 Å². The van der Waals surface area contributed by atoms with Crippen LogP contribution in [0, 0.1) is 0 Å². The summed E-state index contributed by atoms with van der Waals surface area (Å²) in [6.45, 7) is 0. The van der Waals surface area contributed by atoms with E-state index in [0.29, 0.717) is 0 Å². The van der Waals surface area contributed by atoms with Gasteiger partial charge in [-0.2, -0.15) is 0 Å². The zero-order valence-corrected chi connectivity index (χ0v) is 26.0. The molecule has 0 saturated heterocycles. The quantitative estimate of drug-likeness (QED) is 0.197. The second-order valence-electron chi connectivity index (χ2n) is 12.5. The summed E-state index contributed by atoms with van der Waals surface area (Å²) >= 11 is 1.90. The van der Waals surface area contributed by atoms with Gasteiger partial charge >= 0.3 is 0 Å². The summed E-state index contributed by atoms with van der Waals surface area (Å²) in [4.78, 5) is 2.35. The first-order valence-electron chi connectivity index (χ1n) is 16.0. The average molecular weight is 616 g/mol. The number of rotatable bonds is 3. The number of nitrogens with zero attached hydrogens (tertiary/aromatic N) is 1. The Morgan fingerprint density at radius 1 is 0.383 bits per heavy atom. The molecule has 2 nitrogen and oxygen atoms in total. The highest BCUT2D eigenvalue weighted by molar-refractivity contribution is 7.26. The first-order valence-corrected chi connectivity index (χ1v) is 16.8. The van der Waals surface area contributed by atoms with Crippen LogP contribution in [-0.4, -0.2) is 0 Å². The molecule has 0 bridgehead atoms. The van der Waals surface area contributed by atoms with Crippen LogP contribution in [0.5, 0.6) is 0 Å². The van der Waals surface area contributed by atoms with Crippen molar-refractivity contribution in [2.45, 2.75) is 0 Å². The fourth-order valence-corrected chi connectivity index (χ4v) is 9.02. The molecule has 8 aromatic carbocycles. The maximum absolute atomic E-state index is 6.53. The molecule has 0 aliphatic heterocycles. The van der Waals surface area contributed by atoms with Crippen LogP contribution in [0.25, 0.3) is 85.9 Å². The van der Waals surface area contributed by atoms with E-state index in [1.807, 2.05) is 11.3 Å². The lowest BCUT2D eigenvalue weighted by Gasteiger charge is -2.26. The second kappa shape index (κ2) is 9.32. The topological polar surface area (TPSA) is 16.4 Å². The lowest BCUT2D eigenvalue weighted by molar-refractivity contribution is 0.669. The Hall–Kier alpha value is -5.90. The third-order valence-electron chi connectivity index (χ3n) is 9.94. The first kappa shape index (κ1) is 25.3. The molecule has 0 spiro atoms. The second-order valence-corrected chi connectivity index (χ2v) is 13.6. The van der Waals surface area contributed by atoms with Crippen LogP contribution < -0.4 is 4.90 Å². The molecule has 218 valence electrons. The van der Waals surface area contributed by atoms with Gasteiger partial charge in [-0.05, 0) is 104 Å². The van der Waals surface area contributed by atoms with Gasteiger partial charge in [-0.3, -0.25) is 0 Å². The Morgan fingerprint density at radius 3 is 1.98 bits per heavy atom. The highest BCUT2D eigenvalue weighted by atomic mass is 32.1. The summed E-state index contributed by atoms with van der Waals surface area (Å²) in [5, 5.41) is 10.1. The lowest BCUT2D eigenvalue weighted by Crippen LogP contribution is -2.10. The lowest BCUT2D eigenvalue weighted by atomic mass is 9.93. The summed E-state index contributed by atoms with van der Waals surface area (Å²) in [6.07, 6.45) is 0. The molecule has 2 aromatic heterocycles. The Kier molecular flexibility index (Phi) is 5.02. The van der Waals surface area contributed by atoms with Gasteiger partial charge in [0.25, 0.3) is 0 Å². The maximum atomic E-state index is 6.53. The SMILES string of the molecule is c1ccc(N(c2ccc3c(c2)-c2cccc4ccc5sc6cccc-3c6c5c24)c2ccc3c(c2)oc2cc4ccccc4cc23)cc1. The summed E-state index contributed by atoms with van der Waals surface area (Å²) in [6, 6.07) is 55.3. The average Bonchev–Trinajstić information content (AvgIpc) is 3.65. The van der Waals surface area contributed by atoms with Gasteiger partial charge in [0.1, 0.15) is 11.2 Å². The number of thiophene rings is 1. The summed E-state index contributed by atoms with van der Waals surface area (Å²) in [7, 11) is 0. The molecule has 0 radical (unpaired) electrons. The number of benzene rings is 8. The molecule has 10 aromatic rings. The molecule has 0 fully saturated rings. The van der Waals surface area contributed by atoms with Crippen molar-refractivity contribution in [2.75, 3.05) is 4.90 Å². The Morgan fingerprint density at radius 2 is 1.09 bits per heavy atom. The molecule has 3 heteroatoms. The number of hydrogen-bond donors (Lipinski definition) is 0. The molecule has 0 amide bonds. The Bertz CT molecular complexity index is 2910. The third kappa shape index (κ3) is 3.55. The van der Waals surface area contributed by atoms with E-state index in [0.717, 1.165) is 39.0 Å². The molecule has 2 heterocycles. The summed E-state index contributed by atoms with van der Waals surface area (Å²) in [5.74, 6) is 0. The van der Waals surface area contributed by atoms with Gasteiger partial charge in [0.15, 0.2) is 0 Å². The van der Waals surface area contributed by atoms with Gasteiger partial charge in [-0.1, -0.05) is 84.9 Å². The monoisotopic (exact) mass is 615 g/mol. The highest BCUT2D eigenvalue weighted by Crippen LogP contribution is 2.52. The van der Waals surface area contributed by atoms with Crippen molar-refractivity contribution < 1.29 is 4.42 Å². The number of para-hydroxylation sites is 1.